The van der Waals surface area contributed by atoms with Gasteiger partial charge in [0.05, 0.1) is 6.10 Å². The average Bonchev–Trinajstić information content (AvgIpc) is 2.73. The van der Waals surface area contributed by atoms with Crippen LogP contribution in [-0.4, -0.2) is 18.0 Å². The molecule has 2 atom stereocenters. The van der Waals surface area contributed by atoms with Crippen molar-refractivity contribution in [3.05, 3.63) is 35.1 Å². The number of benzene rings is 1. The van der Waals surface area contributed by atoms with Gasteiger partial charge in [0.2, 0.25) is 0 Å². The molecule has 2 unspecified atom stereocenters. The molecule has 0 saturated carbocycles. The van der Waals surface area contributed by atoms with Gasteiger partial charge < -0.3 is 10.5 Å². The summed E-state index contributed by atoms with van der Waals surface area (Å²) in [5.74, 6) is 0.669. The Kier molecular flexibility index (Phi) is 4.42. The normalized spacial score (nSPS) is 24.2. The van der Waals surface area contributed by atoms with Gasteiger partial charge in [0.15, 0.2) is 0 Å². The molecular formula is C13H18FNOS. The van der Waals surface area contributed by atoms with Crippen molar-refractivity contribution in [1.29, 1.82) is 0 Å². The minimum atomic E-state index is -0.211. The summed E-state index contributed by atoms with van der Waals surface area (Å²) >= 11 is 1.88. The van der Waals surface area contributed by atoms with E-state index < -0.39 is 0 Å². The largest absolute Gasteiger partial charge is 0.377 e. The van der Waals surface area contributed by atoms with Gasteiger partial charge in [0, 0.05) is 24.2 Å². The van der Waals surface area contributed by atoms with Crippen LogP contribution in [0.15, 0.2) is 18.2 Å². The summed E-state index contributed by atoms with van der Waals surface area (Å²) in [5.41, 5.74) is 7.67. The highest BCUT2D eigenvalue weighted by atomic mass is 32.2. The zero-order valence-electron chi connectivity index (χ0n) is 9.99. The van der Waals surface area contributed by atoms with E-state index in [2.05, 4.69) is 6.92 Å². The first-order chi connectivity index (χ1) is 8.20. The molecule has 0 aromatic heterocycles. The number of thioether (sulfide) groups is 1. The summed E-state index contributed by atoms with van der Waals surface area (Å²) in [4.78, 5) is 0. The van der Waals surface area contributed by atoms with Crippen LogP contribution in [0.1, 0.15) is 24.5 Å². The van der Waals surface area contributed by atoms with Crippen LogP contribution in [0.4, 0.5) is 4.39 Å². The first-order valence-corrected chi connectivity index (χ1v) is 6.96. The summed E-state index contributed by atoms with van der Waals surface area (Å²) in [6.45, 7) is 3.36. The van der Waals surface area contributed by atoms with Gasteiger partial charge in [0.25, 0.3) is 0 Å². The van der Waals surface area contributed by atoms with Crippen molar-refractivity contribution in [2.24, 2.45) is 5.73 Å². The summed E-state index contributed by atoms with van der Waals surface area (Å²) in [6, 6.07) is 4.87. The van der Waals surface area contributed by atoms with E-state index in [1.54, 1.807) is 0 Å². The topological polar surface area (TPSA) is 35.2 Å². The van der Waals surface area contributed by atoms with Gasteiger partial charge in [0.1, 0.15) is 5.82 Å². The van der Waals surface area contributed by atoms with Crippen LogP contribution in [-0.2, 0) is 17.0 Å². The van der Waals surface area contributed by atoms with Crippen molar-refractivity contribution < 1.29 is 9.13 Å². The predicted molar refractivity (Wildman–Crippen MR) is 69.4 cm³/mol. The Bertz CT molecular complexity index is 386. The van der Waals surface area contributed by atoms with E-state index in [9.17, 15) is 4.39 Å². The predicted octanol–water partition coefficient (Wildman–Crippen LogP) is 2.70. The van der Waals surface area contributed by atoms with E-state index in [1.165, 1.54) is 12.1 Å². The second-order valence-electron chi connectivity index (χ2n) is 4.33. The summed E-state index contributed by atoms with van der Waals surface area (Å²) in [5, 5.41) is 0.547. The van der Waals surface area contributed by atoms with Crippen molar-refractivity contribution in [2.45, 2.75) is 37.0 Å². The van der Waals surface area contributed by atoms with Gasteiger partial charge >= 0.3 is 0 Å². The minimum Gasteiger partial charge on any atom is -0.377 e. The fourth-order valence-electron chi connectivity index (χ4n) is 2.05. The Morgan fingerprint density at radius 2 is 2.29 bits per heavy atom. The Morgan fingerprint density at radius 3 is 2.94 bits per heavy atom. The Balaban J connectivity index is 1.98. The molecule has 1 heterocycles. The summed E-state index contributed by atoms with van der Waals surface area (Å²) in [6.07, 6.45) is 1.42. The SMILES string of the molecule is CC1OCCC1SCc1ccc(F)cc1CN. The molecule has 0 spiro atoms. The summed E-state index contributed by atoms with van der Waals surface area (Å²) < 4.78 is 18.6. The third kappa shape index (κ3) is 3.21. The van der Waals surface area contributed by atoms with E-state index >= 15 is 0 Å². The first kappa shape index (κ1) is 12.9. The van der Waals surface area contributed by atoms with Gasteiger partial charge in [-0.1, -0.05) is 6.07 Å². The molecule has 2 N–H and O–H groups in total. The van der Waals surface area contributed by atoms with Gasteiger partial charge in [-0.15, -0.1) is 0 Å². The number of halogens is 1. The molecule has 17 heavy (non-hydrogen) atoms. The van der Waals surface area contributed by atoms with Crippen molar-refractivity contribution in [2.75, 3.05) is 6.61 Å². The lowest BCUT2D eigenvalue weighted by Gasteiger charge is -2.14. The van der Waals surface area contributed by atoms with Crippen LogP contribution in [0.3, 0.4) is 0 Å². The zero-order valence-corrected chi connectivity index (χ0v) is 10.8. The molecule has 1 aliphatic heterocycles. The molecule has 0 bridgehead atoms. The lowest BCUT2D eigenvalue weighted by atomic mass is 10.1. The van der Waals surface area contributed by atoms with E-state index in [0.717, 1.165) is 29.9 Å². The Labute approximate surface area is 106 Å². The third-order valence-corrected chi connectivity index (χ3v) is 4.67. The third-order valence-electron chi connectivity index (χ3n) is 3.15. The number of hydrogen-bond acceptors (Lipinski definition) is 3. The Morgan fingerprint density at radius 1 is 1.47 bits per heavy atom. The van der Waals surface area contributed by atoms with E-state index in [4.69, 9.17) is 10.5 Å². The second-order valence-corrected chi connectivity index (χ2v) is 5.56. The summed E-state index contributed by atoms with van der Waals surface area (Å²) in [7, 11) is 0. The van der Waals surface area contributed by atoms with Crippen LogP contribution < -0.4 is 5.73 Å². The standard InChI is InChI=1S/C13H18FNOS/c1-9-13(4-5-16-9)17-8-10-2-3-12(14)6-11(10)7-15/h2-3,6,9,13H,4-5,7-8,15H2,1H3. The van der Waals surface area contributed by atoms with Gasteiger partial charge in [-0.05, 0) is 36.6 Å². The quantitative estimate of drug-likeness (QED) is 0.898. The van der Waals surface area contributed by atoms with Crippen molar-refractivity contribution in [3.8, 4) is 0 Å². The molecule has 1 saturated heterocycles. The highest BCUT2D eigenvalue weighted by Crippen LogP contribution is 2.29. The number of rotatable bonds is 4. The van der Waals surface area contributed by atoms with Crippen LogP contribution >= 0.6 is 11.8 Å². The van der Waals surface area contributed by atoms with Crippen LogP contribution in [0, 0.1) is 5.82 Å². The first-order valence-electron chi connectivity index (χ1n) is 5.91. The molecule has 2 nitrogen and oxygen atoms in total. The molecule has 1 fully saturated rings. The molecule has 0 radical (unpaired) electrons. The molecule has 1 aromatic rings. The van der Waals surface area contributed by atoms with Crippen LogP contribution in [0.5, 0.6) is 0 Å². The molecule has 0 amide bonds. The highest BCUT2D eigenvalue weighted by Gasteiger charge is 2.24. The number of nitrogens with two attached hydrogens (primary N) is 1. The lowest BCUT2D eigenvalue weighted by Crippen LogP contribution is -2.13. The maximum absolute atomic E-state index is 13.1. The monoisotopic (exact) mass is 255 g/mol. The molecule has 94 valence electrons. The minimum absolute atomic E-state index is 0.211. The fraction of sp³-hybridized carbons (Fsp3) is 0.538. The van der Waals surface area contributed by atoms with Gasteiger partial charge in [-0.25, -0.2) is 4.39 Å². The van der Waals surface area contributed by atoms with Crippen molar-refractivity contribution in [1.82, 2.24) is 0 Å². The molecule has 4 heteroatoms. The zero-order chi connectivity index (χ0) is 12.3. The van der Waals surface area contributed by atoms with Crippen LogP contribution in [0.2, 0.25) is 0 Å². The Hall–Kier alpha value is -0.580. The smallest absolute Gasteiger partial charge is 0.123 e. The molecule has 2 rings (SSSR count). The molecule has 1 aromatic carbocycles. The molecule has 0 aliphatic carbocycles. The number of ether oxygens (including phenoxy) is 1. The average molecular weight is 255 g/mol. The maximum atomic E-state index is 13.1. The molecule has 1 aliphatic rings. The van der Waals surface area contributed by atoms with Crippen molar-refractivity contribution in [3.63, 3.8) is 0 Å². The van der Waals surface area contributed by atoms with Gasteiger partial charge in [-0.2, -0.15) is 11.8 Å². The van der Waals surface area contributed by atoms with Gasteiger partial charge in [-0.3, -0.25) is 0 Å². The lowest BCUT2D eigenvalue weighted by molar-refractivity contribution is 0.127. The second kappa shape index (κ2) is 5.85. The fourth-order valence-corrected chi connectivity index (χ4v) is 3.34. The highest BCUT2D eigenvalue weighted by molar-refractivity contribution is 7.99. The van der Waals surface area contributed by atoms with Crippen LogP contribution in [0.25, 0.3) is 0 Å². The maximum Gasteiger partial charge on any atom is 0.123 e. The van der Waals surface area contributed by atoms with Crippen molar-refractivity contribution >= 4 is 11.8 Å². The van der Waals surface area contributed by atoms with E-state index in [1.807, 2.05) is 17.8 Å². The molecular weight excluding hydrogens is 237 g/mol. The van der Waals surface area contributed by atoms with E-state index in [0.29, 0.717) is 17.9 Å². The number of hydrogen-bond donors (Lipinski definition) is 1. The van der Waals surface area contributed by atoms with E-state index in [-0.39, 0.29) is 5.82 Å².